The Balaban J connectivity index is 0. The SMILES string of the molecule is CC1CC1.CCC.CN. The minimum atomic E-state index is 1.08. The van der Waals surface area contributed by atoms with Crippen molar-refractivity contribution >= 4 is 0 Å². The molecule has 1 aliphatic rings. The lowest BCUT2D eigenvalue weighted by molar-refractivity contribution is 0.983. The van der Waals surface area contributed by atoms with Crippen LogP contribution in [0.4, 0.5) is 0 Å². The number of hydrogen-bond acceptors (Lipinski definition) is 1. The Labute approximate surface area is 59.6 Å². The summed E-state index contributed by atoms with van der Waals surface area (Å²) in [5.74, 6) is 1.08. The number of rotatable bonds is 0. The molecule has 1 saturated carbocycles. The van der Waals surface area contributed by atoms with Crippen LogP contribution in [-0.4, -0.2) is 7.05 Å². The molecule has 1 heteroatoms. The second-order valence-electron chi connectivity index (χ2n) is 2.39. The van der Waals surface area contributed by atoms with Crippen LogP contribution in [0.2, 0.25) is 0 Å². The van der Waals surface area contributed by atoms with Gasteiger partial charge in [-0.1, -0.05) is 40.0 Å². The molecule has 2 N–H and O–H groups in total. The van der Waals surface area contributed by atoms with E-state index < -0.39 is 0 Å². The maximum absolute atomic E-state index is 4.50. The Hall–Kier alpha value is -0.0400. The largest absolute Gasteiger partial charge is 0.333 e. The van der Waals surface area contributed by atoms with Gasteiger partial charge >= 0.3 is 0 Å². The average molecular weight is 131 g/mol. The predicted octanol–water partition coefficient (Wildman–Crippen LogP) is 2.41. The van der Waals surface area contributed by atoms with Crippen molar-refractivity contribution < 1.29 is 0 Å². The third-order valence-corrected chi connectivity index (χ3v) is 0.866. The van der Waals surface area contributed by atoms with Crippen molar-refractivity contribution in [3.8, 4) is 0 Å². The Kier molecular flexibility index (Phi) is 14.1. The van der Waals surface area contributed by atoms with Crippen molar-refractivity contribution in [2.75, 3.05) is 7.05 Å². The summed E-state index contributed by atoms with van der Waals surface area (Å²) in [5.41, 5.74) is 4.50. The molecule has 0 heterocycles. The molecule has 0 unspecified atom stereocenters. The summed E-state index contributed by atoms with van der Waals surface area (Å²) < 4.78 is 0. The highest BCUT2D eigenvalue weighted by Crippen LogP contribution is 2.26. The van der Waals surface area contributed by atoms with Crippen molar-refractivity contribution in [2.45, 2.75) is 40.0 Å². The summed E-state index contributed by atoms with van der Waals surface area (Å²) in [6.45, 7) is 6.53. The zero-order valence-electron chi connectivity index (χ0n) is 7.28. The fourth-order valence-corrected chi connectivity index (χ4v) is 0.167. The van der Waals surface area contributed by atoms with Gasteiger partial charge < -0.3 is 5.73 Å². The monoisotopic (exact) mass is 131 g/mol. The van der Waals surface area contributed by atoms with E-state index in [1.54, 1.807) is 0 Å². The van der Waals surface area contributed by atoms with Gasteiger partial charge in [0.1, 0.15) is 0 Å². The molecule has 1 fully saturated rings. The molecular weight excluding hydrogens is 110 g/mol. The fourth-order valence-electron chi connectivity index (χ4n) is 0.167. The van der Waals surface area contributed by atoms with Gasteiger partial charge in [0, 0.05) is 0 Å². The second kappa shape index (κ2) is 10.9. The van der Waals surface area contributed by atoms with E-state index in [4.69, 9.17) is 0 Å². The molecule has 0 bridgehead atoms. The summed E-state index contributed by atoms with van der Waals surface area (Å²) >= 11 is 0. The zero-order chi connectivity index (χ0) is 7.70. The van der Waals surface area contributed by atoms with Crippen LogP contribution in [0.3, 0.4) is 0 Å². The van der Waals surface area contributed by atoms with Gasteiger partial charge in [0.15, 0.2) is 0 Å². The maximum atomic E-state index is 4.50. The van der Waals surface area contributed by atoms with Crippen molar-refractivity contribution in [2.24, 2.45) is 11.7 Å². The van der Waals surface area contributed by atoms with Gasteiger partial charge in [0.25, 0.3) is 0 Å². The van der Waals surface area contributed by atoms with Crippen molar-refractivity contribution in [1.29, 1.82) is 0 Å². The van der Waals surface area contributed by atoms with Crippen LogP contribution >= 0.6 is 0 Å². The summed E-state index contributed by atoms with van der Waals surface area (Å²) in [7, 11) is 1.50. The molecule has 9 heavy (non-hydrogen) atoms. The molecule has 1 aliphatic carbocycles. The summed E-state index contributed by atoms with van der Waals surface area (Å²) in [4.78, 5) is 0. The van der Waals surface area contributed by atoms with Crippen LogP contribution in [0.1, 0.15) is 40.0 Å². The Morgan fingerprint density at radius 2 is 1.33 bits per heavy atom. The van der Waals surface area contributed by atoms with Gasteiger partial charge in [-0.25, -0.2) is 0 Å². The predicted molar refractivity (Wildman–Crippen MR) is 44.5 cm³/mol. The van der Waals surface area contributed by atoms with Crippen molar-refractivity contribution in [3.05, 3.63) is 0 Å². The number of hydrogen-bond donors (Lipinski definition) is 1. The molecule has 0 aromatic carbocycles. The Morgan fingerprint density at radius 3 is 1.33 bits per heavy atom. The van der Waals surface area contributed by atoms with Crippen molar-refractivity contribution in [3.63, 3.8) is 0 Å². The fraction of sp³-hybridized carbons (Fsp3) is 1.00. The normalized spacial score (nSPS) is 14.3. The quantitative estimate of drug-likeness (QED) is 0.537. The second-order valence-corrected chi connectivity index (χ2v) is 2.39. The highest BCUT2D eigenvalue weighted by Gasteiger charge is 2.12. The number of nitrogens with two attached hydrogens (primary N) is 1. The minimum Gasteiger partial charge on any atom is -0.333 e. The molecule has 0 aliphatic heterocycles. The minimum absolute atomic E-state index is 1.08. The molecular formula is C8H21N. The maximum Gasteiger partial charge on any atom is -0.0195 e. The van der Waals surface area contributed by atoms with Crippen LogP contribution in [-0.2, 0) is 0 Å². The van der Waals surface area contributed by atoms with Gasteiger partial charge in [0.05, 0.1) is 0 Å². The first-order valence-electron chi connectivity index (χ1n) is 3.89. The van der Waals surface area contributed by atoms with Gasteiger partial charge in [-0.15, -0.1) is 0 Å². The van der Waals surface area contributed by atoms with Crippen LogP contribution in [0, 0.1) is 5.92 Å². The van der Waals surface area contributed by atoms with Gasteiger partial charge in [-0.3, -0.25) is 0 Å². The van der Waals surface area contributed by atoms with E-state index in [1.165, 1.54) is 26.3 Å². The van der Waals surface area contributed by atoms with E-state index in [0.29, 0.717) is 0 Å². The highest BCUT2D eigenvalue weighted by atomic mass is 14.4. The van der Waals surface area contributed by atoms with E-state index in [9.17, 15) is 0 Å². The van der Waals surface area contributed by atoms with Gasteiger partial charge in [-0.05, 0) is 13.0 Å². The first-order valence-corrected chi connectivity index (χ1v) is 3.89. The lowest BCUT2D eigenvalue weighted by atomic mass is 10.5. The molecule has 0 saturated heterocycles. The van der Waals surface area contributed by atoms with Gasteiger partial charge in [-0.2, -0.15) is 0 Å². The van der Waals surface area contributed by atoms with Crippen LogP contribution in [0.5, 0.6) is 0 Å². The van der Waals surface area contributed by atoms with E-state index in [1.807, 2.05) is 0 Å². The zero-order valence-corrected chi connectivity index (χ0v) is 7.28. The third-order valence-electron chi connectivity index (χ3n) is 0.866. The molecule has 1 nitrogen and oxygen atoms in total. The molecule has 0 spiro atoms. The van der Waals surface area contributed by atoms with Crippen LogP contribution < -0.4 is 5.73 Å². The van der Waals surface area contributed by atoms with Crippen LogP contribution in [0.25, 0.3) is 0 Å². The van der Waals surface area contributed by atoms with Crippen LogP contribution in [0.15, 0.2) is 0 Å². The lowest BCUT2D eigenvalue weighted by Crippen LogP contribution is -1.69. The molecule has 58 valence electrons. The third kappa shape index (κ3) is 32.3. The molecule has 0 aromatic heterocycles. The lowest BCUT2D eigenvalue weighted by Gasteiger charge is -1.53. The topological polar surface area (TPSA) is 26.0 Å². The van der Waals surface area contributed by atoms with E-state index >= 15 is 0 Å². The molecule has 1 rings (SSSR count). The molecule has 0 radical (unpaired) electrons. The Bertz CT molecular complexity index is 31.5. The van der Waals surface area contributed by atoms with E-state index in [-0.39, 0.29) is 0 Å². The summed E-state index contributed by atoms with van der Waals surface area (Å²) in [6.07, 6.45) is 4.22. The first kappa shape index (κ1) is 11.7. The van der Waals surface area contributed by atoms with Crippen molar-refractivity contribution in [1.82, 2.24) is 0 Å². The van der Waals surface area contributed by atoms with Gasteiger partial charge in [0.2, 0.25) is 0 Å². The molecule has 0 atom stereocenters. The average Bonchev–Trinajstić information content (AvgIpc) is 2.59. The summed E-state index contributed by atoms with van der Waals surface area (Å²) in [6, 6.07) is 0. The first-order chi connectivity index (χ1) is 4.31. The smallest absolute Gasteiger partial charge is 0.0195 e. The van der Waals surface area contributed by atoms with E-state index in [2.05, 4.69) is 26.5 Å². The molecule has 0 amide bonds. The standard InChI is InChI=1S/C4H8.C3H8.CH5N/c1-4-2-3-4;1-3-2;1-2/h4H,2-3H2,1H3;3H2,1-2H3;2H2,1H3. The highest BCUT2D eigenvalue weighted by molar-refractivity contribution is 4.65. The molecule has 0 aromatic rings. The van der Waals surface area contributed by atoms with E-state index in [0.717, 1.165) is 5.92 Å². The Morgan fingerprint density at radius 1 is 1.22 bits per heavy atom. The summed E-state index contributed by atoms with van der Waals surface area (Å²) in [5, 5.41) is 0.